The molecule has 2 rings (SSSR count). The normalized spacial score (nSPS) is 11.2. The summed E-state index contributed by atoms with van der Waals surface area (Å²) in [6, 6.07) is 18.2. The smallest absolute Gasteiger partial charge is 0.240 e. The van der Waals surface area contributed by atoms with E-state index in [0.29, 0.717) is 10.6 Å². The van der Waals surface area contributed by atoms with E-state index in [9.17, 15) is 4.21 Å². The molecule has 0 aliphatic rings. The maximum absolute atomic E-state index is 11.7. The molecule has 0 heterocycles. The van der Waals surface area contributed by atoms with Gasteiger partial charge in [-0.1, -0.05) is 36.4 Å². The van der Waals surface area contributed by atoms with E-state index in [1.54, 1.807) is 24.3 Å². The molecule has 0 saturated heterocycles. The van der Waals surface area contributed by atoms with Crippen LogP contribution in [0, 0.1) is 0 Å². The van der Waals surface area contributed by atoms with E-state index in [-0.39, 0.29) is 19.5 Å². The number of hydrogen-bond donors (Lipinski definition) is 0. The van der Waals surface area contributed by atoms with Crippen LogP contribution in [0.25, 0.3) is 0 Å². The van der Waals surface area contributed by atoms with Gasteiger partial charge < -0.3 is 4.18 Å². The van der Waals surface area contributed by atoms with Gasteiger partial charge in [-0.15, -0.1) is 0 Å². The van der Waals surface area contributed by atoms with E-state index >= 15 is 0 Å². The molecule has 2 aromatic rings. The summed E-state index contributed by atoms with van der Waals surface area (Å²) in [5.41, 5.74) is 0. The zero-order valence-corrected chi connectivity index (χ0v) is 12.5. The second kappa shape index (κ2) is 6.56. The molecule has 0 bridgehead atoms. The van der Waals surface area contributed by atoms with E-state index < -0.39 is 11.1 Å². The first-order valence-corrected chi connectivity index (χ1v) is 5.64. The van der Waals surface area contributed by atoms with E-state index in [0.717, 1.165) is 0 Å². The minimum absolute atomic E-state index is 0. The number of hydrogen-bond acceptors (Lipinski definition) is 2. The predicted molar refractivity (Wildman–Crippen MR) is 59.9 cm³/mol. The summed E-state index contributed by atoms with van der Waals surface area (Å²) in [7, 11) is 0. The number of para-hydroxylation sites is 1. The number of rotatable bonds is 3. The summed E-state index contributed by atoms with van der Waals surface area (Å²) in [5, 5.41) is 0. The minimum atomic E-state index is -1.43. The van der Waals surface area contributed by atoms with Crippen molar-refractivity contribution in [3.05, 3.63) is 60.7 Å². The van der Waals surface area contributed by atoms with Crippen LogP contribution in [0.1, 0.15) is 0 Å². The average Bonchev–Trinajstić information content (AvgIpc) is 2.31. The van der Waals surface area contributed by atoms with Crippen molar-refractivity contribution >= 4 is 11.1 Å². The summed E-state index contributed by atoms with van der Waals surface area (Å²) in [6.07, 6.45) is 0. The van der Waals surface area contributed by atoms with Crippen LogP contribution in [-0.2, 0) is 30.6 Å². The topological polar surface area (TPSA) is 26.3 Å². The predicted octanol–water partition coefficient (Wildman–Crippen LogP) is 2.79. The molecule has 0 aromatic heterocycles. The molecule has 1 unspecified atom stereocenters. The van der Waals surface area contributed by atoms with Crippen molar-refractivity contribution in [3.63, 3.8) is 0 Å². The van der Waals surface area contributed by atoms with Crippen molar-refractivity contribution < 1.29 is 27.9 Å². The zero-order chi connectivity index (χ0) is 10.5. The maximum Gasteiger partial charge on any atom is 0.240 e. The maximum atomic E-state index is 11.7. The molecule has 0 aliphatic carbocycles. The van der Waals surface area contributed by atoms with Gasteiger partial charge in [0, 0.05) is 19.5 Å². The van der Waals surface area contributed by atoms with Gasteiger partial charge in [-0.3, -0.25) is 0 Å². The Morgan fingerprint density at radius 2 is 1.31 bits per heavy atom. The van der Waals surface area contributed by atoms with Crippen LogP contribution in [0.2, 0.25) is 0 Å². The summed E-state index contributed by atoms with van der Waals surface area (Å²) in [6.45, 7) is 0. The number of benzene rings is 2. The molecule has 0 aliphatic heterocycles. The SMILES string of the molecule is O=S(Oc1ccccc1)c1ccccc1.[Zn]. The van der Waals surface area contributed by atoms with Crippen molar-refractivity contribution in [2.75, 3.05) is 0 Å². The van der Waals surface area contributed by atoms with Crippen LogP contribution in [0.15, 0.2) is 65.6 Å². The molecule has 16 heavy (non-hydrogen) atoms. The fraction of sp³-hybridized carbons (Fsp3) is 0. The van der Waals surface area contributed by atoms with Crippen LogP contribution >= 0.6 is 0 Å². The molecule has 4 heteroatoms. The van der Waals surface area contributed by atoms with Gasteiger partial charge in [0.2, 0.25) is 11.1 Å². The molecular weight excluding hydrogens is 274 g/mol. The van der Waals surface area contributed by atoms with Crippen molar-refractivity contribution in [1.82, 2.24) is 0 Å². The van der Waals surface area contributed by atoms with E-state index in [1.807, 2.05) is 36.4 Å². The Labute approximate surface area is 110 Å². The molecule has 1 atom stereocenters. The van der Waals surface area contributed by atoms with Gasteiger partial charge in [0.25, 0.3) is 0 Å². The van der Waals surface area contributed by atoms with Gasteiger partial charge >= 0.3 is 0 Å². The van der Waals surface area contributed by atoms with Crippen LogP contribution in [0.4, 0.5) is 0 Å². The third-order valence-electron chi connectivity index (χ3n) is 1.85. The molecular formula is C12H10O2SZn. The summed E-state index contributed by atoms with van der Waals surface area (Å²) in [5.74, 6) is 0.611. The quantitative estimate of drug-likeness (QED) is 0.810. The Kier molecular flexibility index (Phi) is 5.37. The first kappa shape index (κ1) is 13.1. The first-order valence-electron chi connectivity index (χ1n) is 4.56. The van der Waals surface area contributed by atoms with Crippen LogP contribution in [-0.4, -0.2) is 4.21 Å². The fourth-order valence-electron chi connectivity index (χ4n) is 1.14. The first-order chi connectivity index (χ1) is 7.36. The van der Waals surface area contributed by atoms with Crippen molar-refractivity contribution in [2.45, 2.75) is 4.90 Å². The molecule has 78 valence electrons. The van der Waals surface area contributed by atoms with E-state index in [4.69, 9.17) is 4.18 Å². The standard InChI is InChI=1S/C12H10O2S.Zn/c13-15(12-9-5-2-6-10-12)14-11-7-3-1-4-8-11;/h1-10H;. The van der Waals surface area contributed by atoms with E-state index in [1.165, 1.54) is 0 Å². The fourth-order valence-corrected chi connectivity index (χ4v) is 1.90. The van der Waals surface area contributed by atoms with Gasteiger partial charge in [-0.05, 0) is 24.3 Å². The van der Waals surface area contributed by atoms with Gasteiger partial charge in [-0.2, -0.15) is 0 Å². The van der Waals surface area contributed by atoms with Crippen molar-refractivity contribution in [2.24, 2.45) is 0 Å². The monoisotopic (exact) mass is 282 g/mol. The van der Waals surface area contributed by atoms with Crippen LogP contribution in [0.3, 0.4) is 0 Å². The Morgan fingerprint density at radius 3 is 1.88 bits per heavy atom. The molecule has 0 spiro atoms. The van der Waals surface area contributed by atoms with Crippen molar-refractivity contribution in [3.8, 4) is 5.75 Å². The van der Waals surface area contributed by atoms with Gasteiger partial charge in [0.15, 0.2) is 0 Å². The summed E-state index contributed by atoms with van der Waals surface area (Å²) < 4.78 is 17.0. The second-order valence-electron chi connectivity index (χ2n) is 2.94. The third kappa shape index (κ3) is 3.55. The average molecular weight is 284 g/mol. The van der Waals surface area contributed by atoms with Crippen molar-refractivity contribution in [1.29, 1.82) is 0 Å². The third-order valence-corrected chi connectivity index (χ3v) is 2.85. The Morgan fingerprint density at radius 1 is 0.812 bits per heavy atom. The Hall–Kier alpha value is -0.987. The second-order valence-corrected chi connectivity index (χ2v) is 4.05. The molecule has 0 radical (unpaired) electrons. The zero-order valence-electron chi connectivity index (χ0n) is 8.71. The Balaban J connectivity index is 0.00000128. The molecule has 0 amide bonds. The summed E-state index contributed by atoms with van der Waals surface area (Å²) >= 11 is -1.43. The van der Waals surface area contributed by atoms with Crippen LogP contribution in [0.5, 0.6) is 5.75 Å². The molecule has 2 nitrogen and oxygen atoms in total. The molecule has 0 saturated carbocycles. The molecule has 0 fully saturated rings. The Bertz CT molecular complexity index is 445. The van der Waals surface area contributed by atoms with Gasteiger partial charge in [-0.25, -0.2) is 4.21 Å². The summed E-state index contributed by atoms with van der Waals surface area (Å²) in [4.78, 5) is 0.668. The molecule has 2 aromatic carbocycles. The van der Waals surface area contributed by atoms with Crippen LogP contribution < -0.4 is 4.18 Å². The van der Waals surface area contributed by atoms with Gasteiger partial charge in [0.1, 0.15) is 5.75 Å². The van der Waals surface area contributed by atoms with E-state index in [2.05, 4.69) is 0 Å². The minimum Gasteiger partial charge on any atom is -0.397 e. The van der Waals surface area contributed by atoms with Gasteiger partial charge in [0.05, 0.1) is 4.90 Å². The largest absolute Gasteiger partial charge is 0.397 e. The molecule has 0 N–H and O–H groups in total.